The molecule has 92 valence electrons. The first-order chi connectivity index (χ1) is 8.21. The van der Waals surface area contributed by atoms with Gasteiger partial charge in [0, 0.05) is 23.8 Å². The van der Waals surface area contributed by atoms with E-state index < -0.39 is 0 Å². The highest BCUT2D eigenvalue weighted by molar-refractivity contribution is 5.31. The average Bonchev–Trinajstić information content (AvgIpc) is 2.99. The van der Waals surface area contributed by atoms with Crippen molar-refractivity contribution in [1.29, 1.82) is 0 Å². The number of ether oxygens (including phenoxy) is 1. The van der Waals surface area contributed by atoms with E-state index in [-0.39, 0.29) is 17.5 Å². The largest absolute Gasteiger partial charge is 0.377 e. The van der Waals surface area contributed by atoms with Crippen LogP contribution in [0, 0.1) is 5.82 Å². The minimum atomic E-state index is -0.127. The molecular formula is C14H18FNO. The first-order valence-electron chi connectivity index (χ1n) is 6.36. The van der Waals surface area contributed by atoms with Crippen molar-refractivity contribution in [2.45, 2.75) is 43.9 Å². The highest BCUT2D eigenvalue weighted by atomic mass is 19.1. The predicted octanol–water partition coefficient (Wildman–Crippen LogP) is 2.58. The Labute approximate surface area is 101 Å². The van der Waals surface area contributed by atoms with Crippen molar-refractivity contribution in [2.24, 2.45) is 0 Å². The third kappa shape index (κ3) is 1.98. The fourth-order valence-electron chi connectivity index (χ4n) is 2.74. The summed E-state index contributed by atoms with van der Waals surface area (Å²) in [5, 5.41) is 3.61. The number of hydrogen-bond donors (Lipinski definition) is 1. The summed E-state index contributed by atoms with van der Waals surface area (Å²) in [6, 6.07) is 7.46. The molecule has 1 heterocycles. The Morgan fingerprint density at radius 2 is 2.12 bits per heavy atom. The zero-order chi connectivity index (χ0) is 11.9. The molecule has 0 unspecified atom stereocenters. The first kappa shape index (κ1) is 11.2. The molecule has 0 bridgehead atoms. The van der Waals surface area contributed by atoms with Gasteiger partial charge in [-0.15, -0.1) is 0 Å². The number of benzene rings is 1. The van der Waals surface area contributed by atoms with Crippen molar-refractivity contribution in [2.75, 3.05) is 6.61 Å². The lowest BCUT2D eigenvalue weighted by molar-refractivity contribution is 0.109. The van der Waals surface area contributed by atoms with Crippen LogP contribution in [0.5, 0.6) is 0 Å². The second-order valence-corrected chi connectivity index (χ2v) is 5.18. The van der Waals surface area contributed by atoms with Gasteiger partial charge in [0.05, 0.1) is 6.10 Å². The molecule has 1 saturated heterocycles. The molecule has 1 aromatic rings. The lowest BCUT2D eigenvalue weighted by Crippen LogP contribution is -2.42. The van der Waals surface area contributed by atoms with Gasteiger partial charge >= 0.3 is 0 Å². The van der Waals surface area contributed by atoms with E-state index in [1.54, 1.807) is 12.1 Å². The molecule has 2 aliphatic rings. The van der Waals surface area contributed by atoms with Gasteiger partial charge in [0.15, 0.2) is 0 Å². The molecule has 2 atom stereocenters. The van der Waals surface area contributed by atoms with E-state index in [4.69, 9.17) is 4.74 Å². The van der Waals surface area contributed by atoms with Crippen molar-refractivity contribution in [3.8, 4) is 0 Å². The number of hydrogen-bond acceptors (Lipinski definition) is 2. The minimum Gasteiger partial charge on any atom is -0.377 e. The van der Waals surface area contributed by atoms with Crippen LogP contribution in [0.3, 0.4) is 0 Å². The molecular weight excluding hydrogens is 217 g/mol. The molecule has 0 spiro atoms. The topological polar surface area (TPSA) is 21.3 Å². The Bertz CT molecular complexity index is 416. The maximum atomic E-state index is 13.8. The molecule has 0 aromatic heterocycles. The van der Waals surface area contributed by atoms with Gasteiger partial charge in [-0.05, 0) is 32.3 Å². The van der Waals surface area contributed by atoms with Gasteiger partial charge in [0.25, 0.3) is 0 Å². The molecule has 3 heteroatoms. The average molecular weight is 235 g/mol. The number of rotatable bonds is 3. The van der Waals surface area contributed by atoms with Gasteiger partial charge in [-0.2, -0.15) is 0 Å². The normalized spacial score (nSPS) is 30.5. The highest BCUT2D eigenvalue weighted by Crippen LogP contribution is 2.47. The maximum absolute atomic E-state index is 13.8. The Morgan fingerprint density at radius 3 is 2.71 bits per heavy atom. The summed E-state index contributed by atoms with van der Waals surface area (Å²) < 4.78 is 19.4. The number of halogens is 1. The van der Waals surface area contributed by atoms with Crippen LogP contribution < -0.4 is 5.32 Å². The van der Waals surface area contributed by atoms with Gasteiger partial charge in [-0.1, -0.05) is 18.2 Å². The molecule has 1 aliphatic heterocycles. The molecule has 1 aromatic carbocycles. The lowest BCUT2D eigenvalue weighted by atomic mass is 10.0. The first-order valence-corrected chi connectivity index (χ1v) is 6.36. The summed E-state index contributed by atoms with van der Waals surface area (Å²) in [5.74, 6) is -0.0935. The summed E-state index contributed by atoms with van der Waals surface area (Å²) in [5.41, 5.74) is 0.692. The van der Waals surface area contributed by atoms with Crippen molar-refractivity contribution in [3.63, 3.8) is 0 Å². The van der Waals surface area contributed by atoms with Crippen LogP contribution in [-0.4, -0.2) is 18.8 Å². The molecule has 3 rings (SSSR count). The summed E-state index contributed by atoms with van der Waals surface area (Å²) in [7, 11) is 0. The molecule has 1 N–H and O–H groups in total. The second kappa shape index (κ2) is 4.07. The van der Waals surface area contributed by atoms with E-state index in [1.165, 1.54) is 0 Å². The van der Waals surface area contributed by atoms with Crippen LogP contribution in [0.4, 0.5) is 4.39 Å². The predicted molar refractivity (Wildman–Crippen MR) is 64.3 cm³/mol. The quantitative estimate of drug-likeness (QED) is 0.869. The lowest BCUT2D eigenvalue weighted by Gasteiger charge is -2.25. The standard InChI is InChI=1S/C14H18FNO/c1-10-13(6-9-17-10)16-14(7-8-14)11-4-2-3-5-12(11)15/h2-5,10,13,16H,6-9H2,1H3/t10-,13-/m0/s1. The van der Waals surface area contributed by atoms with Gasteiger partial charge in [-0.3, -0.25) is 0 Å². The van der Waals surface area contributed by atoms with E-state index in [2.05, 4.69) is 12.2 Å². The zero-order valence-corrected chi connectivity index (χ0v) is 10.1. The SMILES string of the molecule is C[C@@H]1OCC[C@@H]1NC1(c2ccccc2F)CC1. The Kier molecular flexibility index (Phi) is 2.68. The molecule has 0 amide bonds. The third-order valence-electron chi connectivity index (χ3n) is 3.98. The molecule has 0 radical (unpaired) electrons. The van der Waals surface area contributed by atoms with Crippen LogP contribution in [0.2, 0.25) is 0 Å². The van der Waals surface area contributed by atoms with E-state index in [9.17, 15) is 4.39 Å². The maximum Gasteiger partial charge on any atom is 0.128 e. The van der Waals surface area contributed by atoms with Gasteiger partial charge in [-0.25, -0.2) is 4.39 Å². The van der Waals surface area contributed by atoms with Crippen LogP contribution >= 0.6 is 0 Å². The van der Waals surface area contributed by atoms with Crippen molar-refractivity contribution in [3.05, 3.63) is 35.6 Å². The molecule has 2 fully saturated rings. The second-order valence-electron chi connectivity index (χ2n) is 5.18. The molecule has 17 heavy (non-hydrogen) atoms. The van der Waals surface area contributed by atoms with Crippen LogP contribution in [0.25, 0.3) is 0 Å². The highest BCUT2D eigenvalue weighted by Gasteiger charge is 2.48. The van der Waals surface area contributed by atoms with Crippen molar-refractivity contribution < 1.29 is 9.13 Å². The van der Waals surface area contributed by atoms with Gasteiger partial charge < -0.3 is 10.1 Å². The Morgan fingerprint density at radius 1 is 1.35 bits per heavy atom. The van der Waals surface area contributed by atoms with Crippen molar-refractivity contribution in [1.82, 2.24) is 5.32 Å². The summed E-state index contributed by atoms with van der Waals surface area (Å²) in [4.78, 5) is 0. The third-order valence-corrected chi connectivity index (χ3v) is 3.98. The Hall–Kier alpha value is -0.930. The van der Waals surface area contributed by atoms with Crippen molar-refractivity contribution >= 4 is 0 Å². The monoisotopic (exact) mass is 235 g/mol. The zero-order valence-electron chi connectivity index (χ0n) is 10.1. The summed E-state index contributed by atoms with van der Waals surface area (Å²) >= 11 is 0. The summed E-state index contributed by atoms with van der Waals surface area (Å²) in [6.45, 7) is 2.90. The van der Waals surface area contributed by atoms with E-state index in [0.29, 0.717) is 6.04 Å². The van der Waals surface area contributed by atoms with Gasteiger partial charge in [0.1, 0.15) is 5.82 Å². The van der Waals surface area contributed by atoms with Gasteiger partial charge in [0.2, 0.25) is 0 Å². The van der Waals surface area contributed by atoms with Crippen LogP contribution in [-0.2, 0) is 10.3 Å². The van der Waals surface area contributed by atoms with E-state index in [1.807, 2.05) is 12.1 Å². The minimum absolute atomic E-state index is 0.0935. The van der Waals surface area contributed by atoms with E-state index in [0.717, 1.165) is 31.4 Å². The molecule has 1 aliphatic carbocycles. The number of nitrogens with one attached hydrogen (secondary N) is 1. The molecule has 2 nitrogen and oxygen atoms in total. The smallest absolute Gasteiger partial charge is 0.128 e. The van der Waals surface area contributed by atoms with E-state index >= 15 is 0 Å². The fraction of sp³-hybridized carbons (Fsp3) is 0.571. The summed E-state index contributed by atoms with van der Waals surface area (Å²) in [6.07, 6.45) is 3.31. The molecule has 1 saturated carbocycles. The van der Waals surface area contributed by atoms with Crippen LogP contribution in [0.1, 0.15) is 31.7 Å². The Balaban J connectivity index is 1.80. The fourth-order valence-corrected chi connectivity index (χ4v) is 2.74. The van der Waals surface area contributed by atoms with Crippen LogP contribution in [0.15, 0.2) is 24.3 Å².